The van der Waals surface area contributed by atoms with E-state index in [2.05, 4.69) is 39.0 Å². The Balaban J connectivity index is 1.70. The molecule has 3 aromatic rings. The molecular formula is C18H19N5O. The molecule has 24 heavy (non-hydrogen) atoms. The number of H-pyrrole nitrogens is 1. The molecule has 1 unspecified atom stereocenters. The number of amides is 1. The normalized spacial score (nSPS) is 18.9. The molecule has 1 saturated heterocycles. The zero-order valence-corrected chi connectivity index (χ0v) is 13.5. The molecule has 0 radical (unpaired) electrons. The van der Waals surface area contributed by atoms with Crippen molar-refractivity contribution in [3.8, 4) is 0 Å². The number of nitrogens with zero attached hydrogens (tertiary/aromatic N) is 4. The fourth-order valence-corrected chi connectivity index (χ4v) is 3.24. The molecule has 2 aromatic heterocycles. The minimum Gasteiger partial charge on any atom is -0.345 e. The fourth-order valence-electron chi connectivity index (χ4n) is 3.24. The van der Waals surface area contributed by atoms with E-state index in [0.717, 1.165) is 29.7 Å². The predicted molar refractivity (Wildman–Crippen MR) is 91.6 cm³/mol. The maximum atomic E-state index is 12.9. The molecule has 0 saturated carbocycles. The zero-order chi connectivity index (χ0) is 16.5. The Kier molecular flexibility index (Phi) is 3.74. The third-order valence-electron chi connectivity index (χ3n) is 4.56. The number of hydrogen-bond acceptors (Lipinski definition) is 4. The third-order valence-corrected chi connectivity index (χ3v) is 4.56. The van der Waals surface area contributed by atoms with Gasteiger partial charge in [-0.2, -0.15) is 0 Å². The van der Waals surface area contributed by atoms with Gasteiger partial charge in [-0.25, -0.2) is 4.98 Å². The van der Waals surface area contributed by atoms with Crippen molar-refractivity contribution in [2.45, 2.75) is 6.04 Å². The highest BCUT2D eigenvalue weighted by Crippen LogP contribution is 2.28. The van der Waals surface area contributed by atoms with Gasteiger partial charge in [0.05, 0.1) is 23.4 Å². The number of aromatic nitrogens is 3. The number of likely N-dealkylation sites (N-methyl/N-ethyl adjacent to an activating group) is 1. The van der Waals surface area contributed by atoms with Crippen LogP contribution in [0.15, 0.2) is 48.9 Å². The van der Waals surface area contributed by atoms with Crippen molar-refractivity contribution < 1.29 is 4.79 Å². The Morgan fingerprint density at radius 3 is 2.96 bits per heavy atom. The van der Waals surface area contributed by atoms with Gasteiger partial charge in [-0.05, 0) is 36.9 Å². The molecule has 1 aromatic carbocycles. The average molecular weight is 321 g/mol. The molecular weight excluding hydrogens is 302 g/mol. The fraction of sp³-hybridized carbons (Fsp3) is 0.278. The number of benzene rings is 1. The lowest BCUT2D eigenvalue weighted by Gasteiger charge is -2.40. The molecule has 6 nitrogen and oxygen atoms in total. The maximum absolute atomic E-state index is 12.9. The average Bonchev–Trinajstić information content (AvgIpc) is 3.09. The van der Waals surface area contributed by atoms with E-state index in [-0.39, 0.29) is 11.9 Å². The van der Waals surface area contributed by atoms with Gasteiger partial charge in [0.15, 0.2) is 0 Å². The van der Waals surface area contributed by atoms with Crippen molar-refractivity contribution in [2.24, 2.45) is 0 Å². The molecule has 1 N–H and O–H groups in total. The molecule has 1 atom stereocenters. The summed E-state index contributed by atoms with van der Waals surface area (Å²) >= 11 is 0. The second kappa shape index (κ2) is 6.05. The molecule has 3 heterocycles. The number of hydrogen-bond donors (Lipinski definition) is 1. The van der Waals surface area contributed by atoms with Crippen LogP contribution in [0.5, 0.6) is 0 Å². The number of rotatable bonds is 2. The van der Waals surface area contributed by atoms with Gasteiger partial charge in [-0.1, -0.05) is 12.1 Å². The van der Waals surface area contributed by atoms with E-state index in [9.17, 15) is 4.79 Å². The highest BCUT2D eigenvalue weighted by Gasteiger charge is 2.31. The van der Waals surface area contributed by atoms with Gasteiger partial charge >= 0.3 is 0 Å². The van der Waals surface area contributed by atoms with Crippen LogP contribution < -0.4 is 0 Å². The van der Waals surface area contributed by atoms with Gasteiger partial charge in [-0.15, -0.1) is 0 Å². The first-order valence-corrected chi connectivity index (χ1v) is 8.06. The van der Waals surface area contributed by atoms with Crippen LogP contribution in [0.25, 0.3) is 11.0 Å². The molecule has 0 spiro atoms. The van der Waals surface area contributed by atoms with E-state index in [4.69, 9.17) is 0 Å². The van der Waals surface area contributed by atoms with E-state index in [0.29, 0.717) is 12.2 Å². The second-order valence-corrected chi connectivity index (χ2v) is 6.17. The van der Waals surface area contributed by atoms with E-state index in [1.807, 2.05) is 23.1 Å². The Labute approximate surface area is 140 Å². The summed E-state index contributed by atoms with van der Waals surface area (Å²) in [6.07, 6.45) is 3.35. The molecule has 122 valence electrons. The lowest BCUT2D eigenvalue weighted by atomic mass is 10.0. The summed E-state index contributed by atoms with van der Waals surface area (Å²) in [5.74, 6) is -0.0178. The van der Waals surface area contributed by atoms with Crippen LogP contribution >= 0.6 is 0 Å². The molecule has 0 aliphatic carbocycles. The number of piperazine rings is 1. The summed E-state index contributed by atoms with van der Waals surface area (Å²) in [6.45, 7) is 2.35. The van der Waals surface area contributed by atoms with Gasteiger partial charge in [-0.3, -0.25) is 9.78 Å². The molecule has 1 aliphatic heterocycles. The minimum atomic E-state index is -0.0178. The summed E-state index contributed by atoms with van der Waals surface area (Å²) in [5.41, 5.74) is 3.52. The molecule has 1 aliphatic rings. The zero-order valence-electron chi connectivity index (χ0n) is 13.5. The molecule has 1 amide bonds. The summed E-state index contributed by atoms with van der Waals surface area (Å²) < 4.78 is 0. The Morgan fingerprint density at radius 1 is 1.21 bits per heavy atom. The quantitative estimate of drug-likeness (QED) is 0.785. The lowest BCUT2D eigenvalue weighted by molar-refractivity contribution is 0.0492. The second-order valence-electron chi connectivity index (χ2n) is 6.17. The number of pyridine rings is 1. The minimum absolute atomic E-state index is 0.000596. The first kappa shape index (κ1) is 14.8. The number of imidazole rings is 1. The highest BCUT2D eigenvalue weighted by molar-refractivity contribution is 5.92. The largest absolute Gasteiger partial charge is 0.345 e. The number of carbonyl (C=O) groups excluding carboxylic acids is 1. The van der Waals surface area contributed by atoms with Crippen LogP contribution in [0.1, 0.15) is 22.1 Å². The SMILES string of the molecule is CN1CCN(C(=O)c2ccccn2)C(c2ccc3[nH]cnc3c2)C1. The first-order valence-electron chi connectivity index (χ1n) is 8.06. The molecule has 6 heteroatoms. The number of carbonyl (C=O) groups is 1. The molecule has 1 fully saturated rings. The van der Waals surface area contributed by atoms with Gasteiger partial charge in [0.2, 0.25) is 0 Å². The first-order chi connectivity index (χ1) is 11.7. The highest BCUT2D eigenvalue weighted by atomic mass is 16.2. The van der Waals surface area contributed by atoms with Crippen LogP contribution in [0.2, 0.25) is 0 Å². The van der Waals surface area contributed by atoms with E-state index in [1.54, 1.807) is 18.6 Å². The van der Waals surface area contributed by atoms with Crippen LogP contribution in [0, 0.1) is 0 Å². The summed E-state index contributed by atoms with van der Waals surface area (Å²) in [4.78, 5) is 28.8. The Hall–Kier alpha value is -2.73. The number of fused-ring (bicyclic) bond motifs is 1. The van der Waals surface area contributed by atoms with E-state index in [1.165, 1.54) is 0 Å². The standard InChI is InChI=1S/C18H19N5O/c1-22-8-9-23(18(24)15-4-2-3-7-19-15)17(11-22)13-5-6-14-16(10-13)21-12-20-14/h2-7,10,12,17H,8-9,11H2,1H3,(H,20,21). The van der Waals surface area contributed by atoms with Gasteiger partial charge in [0, 0.05) is 25.8 Å². The van der Waals surface area contributed by atoms with Gasteiger partial charge in [0.1, 0.15) is 5.69 Å². The van der Waals surface area contributed by atoms with Crippen molar-refractivity contribution in [1.82, 2.24) is 24.8 Å². The summed E-state index contributed by atoms with van der Waals surface area (Å²) in [6, 6.07) is 11.6. The topological polar surface area (TPSA) is 65.1 Å². The van der Waals surface area contributed by atoms with Crippen LogP contribution in [-0.4, -0.2) is 57.3 Å². The third kappa shape index (κ3) is 2.65. The summed E-state index contributed by atoms with van der Waals surface area (Å²) in [5, 5.41) is 0. The Bertz CT molecular complexity index is 860. The van der Waals surface area contributed by atoms with Crippen molar-refractivity contribution in [2.75, 3.05) is 26.7 Å². The van der Waals surface area contributed by atoms with Crippen molar-refractivity contribution in [3.05, 3.63) is 60.2 Å². The van der Waals surface area contributed by atoms with E-state index >= 15 is 0 Å². The van der Waals surface area contributed by atoms with Crippen LogP contribution in [0.3, 0.4) is 0 Å². The van der Waals surface area contributed by atoms with Crippen molar-refractivity contribution >= 4 is 16.9 Å². The monoisotopic (exact) mass is 321 g/mol. The molecule has 0 bridgehead atoms. The molecule has 4 rings (SSSR count). The van der Waals surface area contributed by atoms with Gasteiger partial charge < -0.3 is 14.8 Å². The lowest BCUT2D eigenvalue weighted by Crippen LogP contribution is -2.49. The van der Waals surface area contributed by atoms with Crippen LogP contribution in [-0.2, 0) is 0 Å². The number of nitrogens with one attached hydrogen (secondary N) is 1. The predicted octanol–water partition coefficient (Wildman–Crippen LogP) is 2.09. The Morgan fingerprint density at radius 2 is 2.12 bits per heavy atom. The van der Waals surface area contributed by atoms with Crippen molar-refractivity contribution in [1.29, 1.82) is 0 Å². The maximum Gasteiger partial charge on any atom is 0.273 e. The van der Waals surface area contributed by atoms with E-state index < -0.39 is 0 Å². The van der Waals surface area contributed by atoms with Crippen molar-refractivity contribution in [3.63, 3.8) is 0 Å². The smallest absolute Gasteiger partial charge is 0.273 e. The van der Waals surface area contributed by atoms with Gasteiger partial charge in [0.25, 0.3) is 5.91 Å². The summed E-state index contributed by atoms with van der Waals surface area (Å²) in [7, 11) is 2.09. The van der Waals surface area contributed by atoms with Crippen LogP contribution in [0.4, 0.5) is 0 Å². The number of aromatic amines is 1.